The molecule has 0 atom stereocenters. The van der Waals surface area contributed by atoms with Crippen LogP contribution in [0.15, 0.2) is 72.3 Å². The topological polar surface area (TPSA) is 86.3 Å². The Balaban J connectivity index is 1.43. The summed E-state index contributed by atoms with van der Waals surface area (Å²) in [6, 6.07) is 19.7. The predicted molar refractivity (Wildman–Crippen MR) is 120 cm³/mol. The summed E-state index contributed by atoms with van der Waals surface area (Å²) in [6.07, 6.45) is 1.51. The van der Waals surface area contributed by atoms with Crippen LogP contribution in [0.5, 0.6) is 23.0 Å². The first-order valence-corrected chi connectivity index (χ1v) is 10.2. The van der Waals surface area contributed by atoms with Crippen molar-refractivity contribution in [3.63, 3.8) is 0 Å². The van der Waals surface area contributed by atoms with E-state index in [4.69, 9.17) is 18.9 Å². The molecule has 3 aromatic rings. The molecule has 2 heterocycles. The third-order valence-electron chi connectivity index (χ3n) is 5.26. The molecule has 2 aliphatic heterocycles. The number of ether oxygens (including phenoxy) is 4. The minimum absolute atomic E-state index is 0.0000330. The number of rotatable bonds is 6. The summed E-state index contributed by atoms with van der Waals surface area (Å²) in [5.74, 6) is 1.31. The Hall–Kier alpha value is -4.46. The molecule has 1 fully saturated rings. The Morgan fingerprint density at radius 2 is 1.82 bits per heavy atom. The summed E-state index contributed by atoms with van der Waals surface area (Å²) in [5, 5.41) is 1.22. The first-order chi connectivity index (χ1) is 16.1. The van der Waals surface area contributed by atoms with Gasteiger partial charge in [-0.05, 0) is 42.0 Å². The monoisotopic (exact) mass is 444 g/mol. The average Bonchev–Trinajstić information content (AvgIpc) is 3.43. The minimum atomic E-state index is -0.492. The molecule has 0 radical (unpaired) electrons. The van der Waals surface area contributed by atoms with Gasteiger partial charge in [0.15, 0.2) is 23.0 Å². The predicted octanol–water partition coefficient (Wildman–Crippen LogP) is 3.46. The number of fused-ring (bicyclic) bond motifs is 1. The van der Waals surface area contributed by atoms with Crippen LogP contribution in [0.25, 0.3) is 6.08 Å². The van der Waals surface area contributed by atoms with Crippen LogP contribution in [0, 0.1) is 0 Å². The third kappa shape index (κ3) is 3.94. The summed E-state index contributed by atoms with van der Waals surface area (Å²) < 4.78 is 22.3. The highest BCUT2D eigenvalue weighted by atomic mass is 16.7. The van der Waals surface area contributed by atoms with Crippen molar-refractivity contribution in [2.24, 2.45) is 0 Å². The standard InChI is InChI=1S/C25H20N2O6/c1-30-21-9-5-6-17(23(21)31-14-16-10-11-20-22(12-16)33-15-32-20)13-19-24(28)26-27(25(19)29)18-7-3-2-4-8-18/h2-13H,14-15H2,1H3,(H,26,28). The fraction of sp³-hybridized carbons (Fsp3) is 0.120. The first kappa shape index (κ1) is 20.4. The van der Waals surface area contributed by atoms with Crippen LogP contribution >= 0.6 is 0 Å². The van der Waals surface area contributed by atoms with Gasteiger partial charge in [-0.15, -0.1) is 0 Å². The quantitative estimate of drug-likeness (QED) is 0.463. The molecule has 2 amide bonds. The number of hydrazine groups is 1. The van der Waals surface area contributed by atoms with Gasteiger partial charge in [-0.25, -0.2) is 5.01 Å². The van der Waals surface area contributed by atoms with Crippen LogP contribution in [0.4, 0.5) is 5.69 Å². The number of hydrogen-bond donors (Lipinski definition) is 1. The van der Waals surface area contributed by atoms with Crippen LogP contribution < -0.4 is 29.4 Å². The summed E-state index contributed by atoms with van der Waals surface area (Å²) in [4.78, 5) is 25.5. The molecule has 0 aromatic heterocycles. The highest BCUT2D eigenvalue weighted by molar-refractivity contribution is 6.31. The van der Waals surface area contributed by atoms with Crippen molar-refractivity contribution in [3.8, 4) is 23.0 Å². The molecular weight excluding hydrogens is 424 g/mol. The molecule has 1 N–H and O–H groups in total. The molecule has 2 aliphatic rings. The Kier molecular flexibility index (Phi) is 5.32. The number of anilines is 1. The van der Waals surface area contributed by atoms with Crippen LogP contribution in [0.2, 0.25) is 0 Å². The molecule has 5 rings (SSSR count). The average molecular weight is 444 g/mol. The first-order valence-electron chi connectivity index (χ1n) is 10.2. The molecular formula is C25H20N2O6. The number of amides is 2. The second-order valence-corrected chi connectivity index (χ2v) is 7.33. The zero-order valence-corrected chi connectivity index (χ0v) is 17.7. The van der Waals surface area contributed by atoms with Gasteiger partial charge in [0.1, 0.15) is 12.2 Å². The van der Waals surface area contributed by atoms with E-state index in [1.54, 1.807) is 42.5 Å². The zero-order chi connectivity index (χ0) is 22.8. The van der Waals surface area contributed by atoms with Gasteiger partial charge < -0.3 is 18.9 Å². The van der Waals surface area contributed by atoms with Gasteiger partial charge in [-0.2, -0.15) is 0 Å². The molecule has 1 saturated heterocycles. The van der Waals surface area contributed by atoms with Crippen molar-refractivity contribution in [1.82, 2.24) is 5.43 Å². The number of nitrogens with zero attached hydrogens (tertiary/aromatic N) is 1. The number of para-hydroxylation sites is 2. The molecule has 0 aliphatic carbocycles. The summed E-state index contributed by atoms with van der Waals surface area (Å²) in [7, 11) is 1.53. The van der Waals surface area contributed by atoms with Crippen molar-refractivity contribution in [1.29, 1.82) is 0 Å². The van der Waals surface area contributed by atoms with Crippen LogP contribution in [-0.4, -0.2) is 25.7 Å². The summed E-state index contributed by atoms with van der Waals surface area (Å²) in [5.41, 5.74) is 4.59. The van der Waals surface area contributed by atoms with Gasteiger partial charge in [0.25, 0.3) is 11.8 Å². The van der Waals surface area contributed by atoms with E-state index in [1.165, 1.54) is 18.2 Å². The van der Waals surface area contributed by atoms with Crippen LogP contribution in [-0.2, 0) is 16.2 Å². The molecule has 0 unspecified atom stereocenters. The van der Waals surface area contributed by atoms with Gasteiger partial charge >= 0.3 is 0 Å². The maximum atomic E-state index is 13.0. The lowest BCUT2D eigenvalue weighted by atomic mass is 10.1. The maximum absolute atomic E-state index is 13.0. The second kappa shape index (κ2) is 8.58. The lowest BCUT2D eigenvalue weighted by Crippen LogP contribution is -2.35. The minimum Gasteiger partial charge on any atom is -0.493 e. The van der Waals surface area contributed by atoms with E-state index >= 15 is 0 Å². The van der Waals surface area contributed by atoms with Crippen molar-refractivity contribution < 1.29 is 28.5 Å². The molecule has 8 heteroatoms. The Labute approximate surface area is 189 Å². The van der Waals surface area contributed by atoms with Crippen molar-refractivity contribution in [2.75, 3.05) is 18.9 Å². The van der Waals surface area contributed by atoms with Gasteiger partial charge in [0.2, 0.25) is 6.79 Å². The normalized spacial score (nSPS) is 15.7. The smallest absolute Gasteiger partial charge is 0.282 e. The van der Waals surface area contributed by atoms with E-state index in [2.05, 4.69) is 5.43 Å². The van der Waals surface area contributed by atoms with Gasteiger partial charge in [-0.3, -0.25) is 15.0 Å². The van der Waals surface area contributed by atoms with Gasteiger partial charge in [-0.1, -0.05) is 36.4 Å². The summed E-state index contributed by atoms with van der Waals surface area (Å²) in [6.45, 7) is 0.420. The third-order valence-corrected chi connectivity index (χ3v) is 5.26. The maximum Gasteiger partial charge on any atom is 0.282 e. The Bertz CT molecular complexity index is 1260. The number of nitrogens with one attached hydrogen (secondary N) is 1. The zero-order valence-electron chi connectivity index (χ0n) is 17.7. The fourth-order valence-corrected chi connectivity index (χ4v) is 3.62. The Morgan fingerprint density at radius 3 is 2.64 bits per heavy atom. The van der Waals surface area contributed by atoms with E-state index in [-0.39, 0.29) is 19.0 Å². The van der Waals surface area contributed by atoms with Crippen LogP contribution in [0.1, 0.15) is 11.1 Å². The number of carbonyl (C=O) groups is 2. The van der Waals surface area contributed by atoms with Crippen molar-refractivity contribution >= 4 is 23.6 Å². The van der Waals surface area contributed by atoms with Crippen molar-refractivity contribution in [2.45, 2.75) is 6.61 Å². The lowest BCUT2D eigenvalue weighted by Gasteiger charge is -2.14. The molecule has 8 nitrogen and oxygen atoms in total. The second-order valence-electron chi connectivity index (χ2n) is 7.33. The SMILES string of the molecule is COc1cccc(C=C2C(=O)NN(c3ccccc3)C2=O)c1OCc1ccc2c(c1)OCO2. The van der Waals surface area contributed by atoms with E-state index in [9.17, 15) is 9.59 Å². The number of carbonyl (C=O) groups excluding carboxylic acids is 2. The lowest BCUT2D eigenvalue weighted by molar-refractivity contribution is -0.117. The largest absolute Gasteiger partial charge is 0.493 e. The van der Waals surface area contributed by atoms with Crippen molar-refractivity contribution in [3.05, 3.63) is 83.4 Å². The fourth-order valence-electron chi connectivity index (χ4n) is 3.62. The highest BCUT2D eigenvalue weighted by Crippen LogP contribution is 2.36. The molecule has 3 aromatic carbocycles. The summed E-state index contributed by atoms with van der Waals surface area (Å²) >= 11 is 0. The van der Waals surface area contributed by atoms with Crippen LogP contribution in [0.3, 0.4) is 0 Å². The van der Waals surface area contributed by atoms with E-state index in [1.807, 2.05) is 24.3 Å². The number of methoxy groups -OCH3 is 1. The number of hydrogen-bond acceptors (Lipinski definition) is 6. The molecule has 33 heavy (non-hydrogen) atoms. The molecule has 0 bridgehead atoms. The molecule has 0 spiro atoms. The highest BCUT2D eigenvalue weighted by Gasteiger charge is 2.34. The van der Waals surface area contributed by atoms with Gasteiger partial charge in [0, 0.05) is 5.56 Å². The Morgan fingerprint density at radius 1 is 1.00 bits per heavy atom. The van der Waals surface area contributed by atoms with E-state index in [0.717, 1.165) is 5.56 Å². The van der Waals surface area contributed by atoms with E-state index < -0.39 is 11.8 Å². The van der Waals surface area contributed by atoms with Gasteiger partial charge in [0.05, 0.1) is 12.8 Å². The molecule has 166 valence electrons. The number of benzene rings is 3. The van der Waals surface area contributed by atoms with E-state index in [0.29, 0.717) is 34.2 Å². The molecule has 0 saturated carbocycles.